The first-order valence-electron chi connectivity index (χ1n) is 9.51. The minimum atomic E-state index is 0.0819. The molecule has 0 saturated carbocycles. The fraction of sp³-hybridized carbons (Fsp3) is 0.650. The second kappa shape index (κ2) is 11.9. The summed E-state index contributed by atoms with van der Waals surface area (Å²) in [6, 6.07) is 9.62. The summed E-state index contributed by atoms with van der Waals surface area (Å²) >= 11 is 0. The van der Waals surface area contributed by atoms with Gasteiger partial charge in [0, 0.05) is 6.54 Å². The number of nitrogens with zero attached hydrogens (tertiary/aromatic N) is 1. The van der Waals surface area contributed by atoms with Crippen molar-refractivity contribution < 1.29 is 9.53 Å². The fourth-order valence-electron chi connectivity index (χ4n) is 3.09. The number of benzene rings is 1. The number of rotatable bonds is 10. The van der Waals surface area contributed by atoms with Gasteiger partial charge in [-0.1, -0.05) is 37.5 Å². The third-order valence-electron chi connectivity index (χ3n) is 4.51. The molecule has 1 amide bonds. The monoisotopic (exact) mass is 332 g/mol. The number of para-hydroxylation sites is 1. The lowest BCUT2D eigenvalue weighted by Crippen LogP contribution is -2.27. The van der Waals surface area contributed by atoms with Gasteiger partial charge in [-0.3, -0.25) is 4.79 Å². The zero-order valence-electron chi connectivity index (χ0n) is 14.8. The molecule has 0 atom stereocenters. The van der Waals surface area contributed by atoms with Gasteiger partial charge in [-0.25, -0.2) is 0 Å². The minimum absolute atomic E-state index is 0.0819. The quantitative estimate of drug-likeness (QED) is 0.665. The Morgan fingerprint density at radius 1 is 1.00 bits per heavy atom. The molecule has 134 valence electrons. The summed E-state index contributed by atoms with van der Waals surface area (Å²) in [5.74, 6) is 0.900. The van der Waals surface area contributed by atoms with E-state index in [1.807, 2.05) is 30.3 Å². The number of likely N-dealkylation sites (tertiary alicyclic amines) is 1. The van der Waals surface area contributed by atoms with Crippen molar-refractivity contribution in [2.24, 2.45) is 0 Å². The van der Waals surface area contributed by atoms with E-state index >= 15 is 0 Å². The Morgan fingerprint density at radius 2 is 1.75 bits per heavy atom. The SMILES string of the molecule is O=C(CCOc1ccccc1)NCCCCCN1CCCCCC1. The molecule has 0 aromatic heterocycles. The van der Waals surface area contributed by atoms with Gasteiger partial charge in [0.25, 0.3) is 0 Å². The molecular formula is C20H32N2O2. The third-order valence-corrected chi connectivity index (χ3v) is 4.51. The zero-order valence-corrected chi connectivity index (χ0v) is 14.8. The summed E-state index contributed by atoms with van der Waals surface area (Å²) in [6.07, 6.45) is 9.45. The number of unbranched alkanes of at least 4 members (excludes halogenated alkanes) is 2. The summed E-state index contributed by atoms with van der Waals surface area (Å²) < 4.78 is 5.53. The number of amides is 1. The first kappa shape index (κ1) is 18.8. The van der Waals surface area contributed by atoms with Gasteiger partial charge in [0.1, 0.15) is 5.75 Å². The second-order valence-corrected chi connectivity index (χ2v) is 6.58. The Kier molecular flexibility index (Phi) is 9.32. The molecule has 1 N–H and O–H groups in total. The van der Waals surface area contributed by atoms with Gasteiger partial charge in [-0.2, -0.15) is 0 Å². The Balaban J connectivity index is 1.41. The topological polar surface area (TPSA) is 41.6 Å². The van der Waals surface area contributed by atoms with Gasteiger partial charge in [-0.15, -0.1) is 0 Å². The van der Waals surface area contributed by atoms with Crippen LogP contribution in [0.2, 0.25) is 0 Å². The maximum absolute atomic E-state index is 11.8. The van der Waals surface area contributed by atoms with Crippen molar-refractivity contribution in [2.45, 2.75) is 51.4 Å². The predicted molar refractivity (Wildman–Crippen MR) is 98.3 cm³/mol. The average molecular weight is 332 g/mol. The first-order chi connectivity index (χ1) is 11.8. The lowest BCUT2D eigenvalue weighted by atomic mass is 10.2. The van der Waals surface area contributed by atoms with Crippen LogP contribution >= 0.6 is 0 Å². The van der Waals surface area contributed by atoms with Crippen molar-refractivity contribution in [2.75, 3.05) is 32.8 Å². The Bertz CT molecular complexity index is 442. The Labute approximate surface area is 146 Å². The number of hydrogen-bond acceptors (Lipinski definition) is 3. The molecule has 1 aromatic rings. The van der Waals surface area contributed by atoms with Crippen molar-refractivity contribution in [1.82, 2.24) is 10.2 Å². The molecule has 4 heteroatoms. The van der Waals surface area contributed by atoms with Crippen LogP contribution in [-0.4, -0.2) is 43.6 Å². The molecule has 1 saturated heterocycles. The average Bonchev–Trinajstić information content (AvgIpc) is 2.88. The molecule has 0 spiro atoms. The van der Waals surface area contributed by atoms with Crippen LogP contribution < -0.4 is 10.1 Å². The number of carbonyl (C=O) groups is 1. The van der Waals surface area contributed by atoms with Gasteiger partial charge >= 0.3 is 0 Å². The van der Waals surface area contributed by atoms with Crippen LogP contribution in [0.25, 0.3) is 0 Å². The number of nitrogens with one attached hydrogen (secondary N) is 1. The molecule has 0 radical (unpaired) electrons. The third kappa shape index (κ3) is 8.34. The van der Waals surface area contributed by atoms with Gasteiger partial charge in [0.15, 0.2) is 0 Å². The molecule has 4 nitrogen and oxygen atoms in total. The van der Waals surface area contributed by atoms with E-state index < -0.39 is 0 Å². The number of carbonyl (C=O) groups excluding carboxylic acids is 1. The van der Waals surface area contributed by atoms with Crippen LogP contribution in [0.5, 0.6) is 5.75 Å². The van der Waals surface area contributed by atoms with Crippen LogP contribution in [0.3, 0.4) is 0 Å². The van der Waals surface area contributed by atoms with Crippen LogP contribution in [0, 0.1) is 0 Å². The second-order valence-electron chi connectivity index (χ2n) is 6.58. The Morgan fingerprint density at radius 3 is 2.50 bits per heavy atom. The molecule has 1 aliphatic heterocycles. The molecule has 1 aromatic carbocycles. The van der Waals surface area contributed by atoms with Crippen molar-refractivity contribution in [3.8, 4) is 5.75 Å². The molecule has 1 fully saturated rings. The lowest BCUT2D eigenvalue weighted by molar-refractivity contribution is -0.121. The van der Waals surface area contributed by atoms with Crippen LogP contribution in [0.1, 0.15) is 51.4 Å². The van der Waals surface area contributed by atoms with E-state index in [0.29, 0.717) is 13.0 Å². The highest BCUT2D eigenvalue weighted by Gasteiger charge is 2.08. The van der Waals surface area contributed by atoms with Gasteiger partial charge in [-0.05, 0) is 57.5 Å². The highest BCUT2D eigenvalue weighted by molar-refractivity contribution is 5.75. The van der Waals surface area contributed by atoms with Crippen LogP contribution in [0.4, 0.5) is 0 Å². The maximum atomic E-state index is 11.8. The zero-order chi connectivity index (χ0) is 16.9. The largest absolute Gasteiger partial charge is 0.493 e. The fourth-order valence-corrected chi connectivity index (χ4v) is 3.09. The molecule has 0 unspecified atom stereocenters. The lowest BCUT2D eigenvalue weighted by Gasteiger charge is -2.19. The summed E-state index contributed by atoms with van der Waals surface area (Å²) in [5.41, 5.74) is 0. The molecule has 2 rings (SSSR count). The molecule has 0 aliphatic carbocycles. The first-order valence-corrected chi connectivity index (χ1v) is 9.51. The van der Waals surface area contributed by atoms with Crippen molar-refractivity contribution in [3.63, 3.8) is 0 Å². The minimum Gasteiger partial charge on any atom is -0.493 e. The highest BCUT2D eigenvalue weighted by Crippen LogP contribution is 2.10. The van der Waals surface area contributed by atoms with Crippen molar-refractivity contribution in [1.29, 1.82) is 0 Å². The molecule has 24 heavy (non-hydrogen) atoms. The van der Waals surface area contributed by atoms with E-state index in [-0.39, 0.29) is 5.91 Å². The summed E-state index contributed by atoms with van der Waals surface area (Å²) in [6.45, 7) is 4.99. The van der Waals surface area contributed by atoms with E-state index in [2.05, 4.69) is 10.2 Å². The molecular weight excluding hydrogens is 300 g/mol. The van der Waals surface area contributed by atoms with E-state index in [1.54, 1.807) is 0 Å². The van der Waals surface area contributed by atoms with E-state index in [0.717, 1.165) is 18.7 Å². The predicted octanol–water partition coefficient (Wildman–Crippen LogP) is 3.62. The summed E-state index contributed by atoms with van der Waals surface area (Å²) in [7, 11) is 0. The van der Waals surface area contributed by atoms with Gasteiger partial charge in [0.2, 0.25) is 5.91 Å². The van der Waals surface area contributed by atoms with Crippen LogP contribution in [-0.2, 0) is 4.79 Å². The Hall–Kier alpha value is -1.55. The van der Waals surface area contributed by atoms with E-state index in [1.165, 1.54) is 58.2 Å². The van der Waals surface area contributed by atoms with E-state index in [4.69, 9.17) is 4.74 Å². The normalized spacial score (nSPS) is 15.7. The smallest absolute Gasteiger partial charge is 0.223 e. The molecule has 0 bridgehead atoms. The highest BCUT2D eigenvalue weighted by atomic mass is 16.5. The number of hydrogen-bond donors (Lipinski definition) is 1. The van der Waals surface area contributed by atoms with Crippen molar-refractivity contribution in [3.05, 3.63) is 30.3 Å². The summed E-state index contributed by atoms with van der Waals surface area (Å²) in [5, 5.41) is 2.98. The molecule has 1 heterocycles. The van der Waals surface area contributed by atoms with E-state index in [9.17, 15) is 4.79 Å². The van der Waals surface area contributed by atoms with Gasteiger partial charge < -0.3 is 15.0 Å². The van der Waals surface area contributed by atoms with Gasteiger partial charge in [0.05, 0.1) is 13.0 Å². The number of ether oxygens (including phenoxy) is 1. The van der Waals surface area contributed by atoms with Crippen LogP contribution in [0.15, 0.2) is 30.3 Å². The maximum Gasteiger partial charge on any atom is 0.223 e. The summed E-state index contributed by atoms with van der Waals surface area (Å²) in [4.78, 5) is 14.4. The van der Waals surface area contributed by atoms with Crippen molar-refractivity contribution >= 4 is 5.91 Å². The molecule has 1 aliphatic rings. The standard InChI is InChI=1S/C20H32N2O2/c23-20(13-18-24-19-11-5-3-6-12-19)21-14-7-4-10-17-22-15-8-1-2-9-16-22/h3,5-6,11-12H,1-2,4,7-10,13-18H2,(H,21,23).